The summed E-state index contributed by atoms with van der Waals surface area (Å²) in [6.45, 7) is 9.87. The summed E-state index contributed by atoms with van der Waals surface area (Å²) in [7, 11) is 0. The highest BCUT2D eigenvalue weighted by atomic mass is 16.6. The molecule has 9 atom stereocenters. The Morgan fingerprint density at radius 1 is 1.31 bits per heavy atom. The molecule has 0 aromatic carbocycles. The van der Waals surface area contributed by atoms with Crippen LogP contribution in [0.4, 0.5) is 0 Å². The maximum Gasteiger partial charge on any atom is 0.334 e. The third-order valence-corrected chi connectivity index (χ3v) is 10.5. The summed E-state index contributed by atoms with van der Waals surface area (Å²) in [4.78, 5) is 25.4. The van der Waals surface area contributed by atoms with Crippen LogP contribution in [0.25, 0.3) is 0 Å². The second-order valence-corrected chi connectivity index (χ2v) is 12.2. The monoisotopic (exact) mass is 490 g/mol. The van der Waals surface area contributed by atoms with Gasteiger partial charge in [-0.15, -0.1) is 6.42 Å². The zero-order chi connectivity index (χ0) is 26.0. The van der Waals surface area contributed by atoms with Crippen molar-refractivity contribution in [3.63, 3.8) is 0 Å². The fraction of sp³-hybridized carbons (Fsp3) is 0.613. The van der Waals surface area contributed by atoms with Gasteiger partial charge in [0.1, 0.15) is 6.10 Å². The summed E-state index contributed by atoms with van der Waals surface area (Å²) in [6, 6.07) is 0. The number of terminal acetylenes is 1. The first-order chi connectivity index (χ1) is 17.0. The Bertz CT molecular complexity index is 1150. The molecule has 5 nitrogen and oxygen atoms in total. The zero-order valence-corrected chi connectivity index (χ0v) is 22.0. The summed E-state index contributed by atoms with van der Waals surface area (Å²) < 4.78 is 11.3. The molecule has 3 saturated carbocycles. The van der Waals surface area contributed by atoms with E-state index in [1.165, 1.54) is 5.57 Å². The molecule has 5 aliphatic rings. The van der Waals surface area contributed by atoms with Crippen molar-refractivity contribution in [2.24, 2.45) is 34.5 Å². The van der Waals surface area contributed by atoms with Gasteiger partial charge in [0.25, 0.3) is 0 Å². The van der Waals surface area contributed by atoms with Crippen LogP contribution in [0.5, 0.6) is 0 Å². The molecule has 1 N–H and O–H groups in total. The molecule has 0 aromatic heterocycles. The van der Waals surface area contributed by atoms with Crippen molar-refractivity contribution >= 4 is 11.8 Å². The molecular formula is C31H38O5. The topological polar surface area (TPSA) is 76.1 Å². The van der Waals surface area contributed by atoms with Crippen LogP contribution in [0.15, 0.2) is 47.1 Å². The molecule has 0 spiro atoms. The number of epoxide rings is 1. The number of rotatable bonds is 5. The van der Waals surface area contributed by atoms with Gasteiger partial charge in [-0.3, -0.25) is 4.79 Å². The molecule has 1 saturated heterocycles. The zero-order valence-electron chi connectivity index (χ0n) is 22.0. The van der Waals surface area contributed by atoms with Gasteiger partial charge in [-0.05, 0) is 99.7 Å². The number of fused-ring (bicyclic) bond motifs is 8. The van der Waals surface area contributed by atoms with Gasteiger partial charge in [0.2, 0.25) is 0 Å². The quantitative estimate of drug-likeness (QED) is 0.198. The van der Waals surface area contributed by atoms with Gasteiger partial charge in [0, 0.05) is 5.57 Å². The van der Waals surface area contributed by atoms with E-state index < -0.39 is 17.0 Å². The van der Waals surface area contributed by atoms with Gasteiger partial charge in [-0.1, -0.05) is 37.1 Å². The van der Waals surface area contributed by atoms with Crippen molar-refractivity contribution in [2.75, 3.05) is 6.61 Å². The highest BCUT2D eigenvalue weighted by Crippen LogP contribution is 2.70. The highest BCUT2D eigenvalue weighted by molar-refractivity contribution is 5.99. The van der Waals surface area contributed by atoms with Gasteiger partial charge < -0.3 is 14.6 Å². The number of hydrogen-bond acceptors (Lipinski definition) is 5. The molecule has 0 aromatic rings. The number of carbonyl (C=O) groups is 2. The van der Waals surface area contributed by atoms with Crippen molar-refractivity contribution in [3.05, 3.63) is 47.1 Å². The van der Waals surface area contributed by atoms with Crippen molar-refractivity contribution in [3.8, 4) is 12.3 Å². The van der Waals surface area contributed by atoms with Gasteiger partial charge >= 0.3 is 5.97 Å². The fourth-order valence-electron chi connectivity index (χ4n) is 8.38. The molecule has 5 heteroatoms. The summed E-state index contributed by atoms with van der Waals surface area (Å²) >= 11 is 0. The van der Waals surface area contributed by atoms with E-state index in [9.17, 15) is 14.7 Å². The second-order valence-electron chi connectivity index (χ2n) is 12.2. The largest absolute Gasteiger partial charge is 0.449 e. The number of ether oxygens (including phenoxy) is 2. The van der Waals surface area contributed by atoms with Gasteiger partial charge in [0.05, 0.1) is 17.1 Å². The average molecular weight is 491 g/mol. The van der Waals surface area contributed by atoms with Crippen LogP contribution in [0.2, 0.25) is 0 Å². The Hall–Kier alpha value is -2.42. The minimum Gasteiger partial charge on any atom is -0.449 e. The SMILES string of the molecule is C#CCOC(=O)/C(C)=C(C)\C=C\[C@](C)(O)[C@H]1CC[C@H]2[C@@H]3[C@@H]4O[C@@H]4C4=CC=CC(=O)[C@]4(C)[C@H]3CC[C@@]21C. The lowest BCUT2D eigenvalue weighted by Gasteiger charge is -2.56. The number of carbonyl (C=O) groups excluding carboxylic acids is 2. The van der Waals surface area contributed by atoms with Crippen molar-refractivity contribution in [1.82, 2.24) is 0 Å². The summed E-state index contributed by atoms with van der Waals surface area (Å²) in [6.07, 6.45) is 18.8. The molecule has 192 valence electrons. The molecule has 4 fully saturated rings. The van der Waals surface area contributed by atoms with Crippen LogP contribution in [0.1, 0.15) is 60.3 Å². The van der Waals surface area contributed by atoms with Crippen molar-refractivity contribution in [1.29, 1.82) is 0 Å². The van der Waals surface area contributed by atoms with Gasteiger partial charge in [-0.2, -0.15) is 0 Å². The number of ketones is 1. The molecule has 1 heterocycles. The molecule has 5 rings (SSSR count). The Balaban J connectivity index is 1.38. The van der Waals surface area contributed by atoms with E-state index in [1.54, 1.807) is 13.0 Å². The first kappa shape index (κ1) is 25.2. The molecule has 0 unspecified atom stereocenters. The second kappa shape index (κ2) is 8.57. The van der Waals surface area contributed by atoms with Crippen LogP contribution in [0.3, 0.4) is 0 Å². The van der Waals surface area contributed by atoms with E-state index >= 15 is 0 Å². The van der Waals surface area contributed by atoms with E-state index in [4.69, 9.17) is 15.9 Å². The Morgan fingerprint density at radius 3 is 2.78 bits per heavy atom. The fourth-order valence-corrected chi connectivity index (χ4v) is 8.38. The molecule has 0 bridgehead atoms. The van der Waals surface area contributed by atoms with Crippen LogP contribution in [-0.2, 0) is 19.1 Å². The number of esters is 1. The first-order valence-corrected chi connectivity index (χ1v) is 13.2. The normalized spacial score (nSPS) is 42.7. The Kier molecular flexibility index (Phi) is 6.01. The van der Waals surface area contributed by atoms with Crippen molar-refractivity contribution in [2.45, 2.75) is 78.1 Å². The Labute approximate surface area is 214 Å². The number of allylic oxidation sites excluding steroid dienone is 5. The van der Waals surface area contributed by atoms with E-state index in [0.29, 0.717) is 17.4 Å². The van der Waals surface area contributed by atoms with Crippen LogP contribution in [0, 0.1) is 46.8 Å². The van der Waals surface area contributed by atoms with E-state index in [1.807, 2.05) is 32.1 Å². The predicted molar refractivity (Wildman–Crippen MR) is 137 cm³/mol. The summed E-state index contributed by atoms with van der Waals surface area (Å²) in [5.74, 6) is 3.19. The third-order valence-electron chi connectivity index (χ3n) is 10.5. The molecule has 4 aliphatic carbocycles. The maximum absolute atomic E-state index is 13.2. The summed E-state index contributed by atoms with van der Waals surface area (Å²) in [5.41, 5.74) is 0.862. The molecule has 1 aliphatic heterocycles. The molecule has 0 amide bonds. The molecule has 36 heavy (non-hydrogen) atoms. The van der Waals surface area contributed by atoms with Gasteiger partial charge in [-0.25, -0.2) is 4.79 Å². The lowest BCUT2D eigenvalue weighted by Crippen LogP contribution is -2.56. The molecular weight excluding hydrogens is 452 g/mol. The standard InChI is InChI=1S/C31H38O5/c1-7-17-35-28(33)19(3)18(2)13-16-30(5,34)23-12-11-20-25-21(14-15-29(20,23)4)31(6)22(26-27(25)36-26)9-8-10-24(31)32/h1,8-10,13,16,20-21,23,25-27,34H,11-12,14-15,17H2,2-6H3/b16-13+,19-18-/t20-,21-,23-,25-,26+,27-,29-,30-,31+/m0/s1. The number of aliphatic hydroxyl groups is 1. The summed E-state index contributed by atoms with van der Waals surface area (Å²) in [5, 5.41) is 11.7. The first-order valence-electron chi connectivity index (χ1n) is 13.2. The minimum atomic E-state index is -1.03. The minimum absolute atomic E-state index is 0.0466. The maximum atomic E-state index is 13.2. The van der Waals surface area contributed by atoms with Gasteiger partial charge in [0.15, 0.2) is 12.4 Å². The van der Waals surface area contributed by atoms with Crippen LogP contribution < -0.4 is 0 Å². The Morgan fingerprint density at radius 2 is 2.06 bits per heavy atom. The van der Waals surface area contributed by atoms with Crippen LogP contribution in [-0.4, -0.2) is 41.3 Å². The van der Waals surface area contributed by atoms with Crippen molar-refractivity contribution < 1.29 is 24.2 Å². The smallest absolute Gasteiger partial charge is 0.334 e. The lowest BCUT2D eigenvalue weighted by molar-refractivity contribution is -0.137. The van der Waals surface area contributed by atoms with E-state index in [0.717, 1.165) is 31.3 Å². The number of hydrogen-bond donors (Lipinski definition) is 1. The average Bonchev–Trinajstić information content (AvgIpc) is 3.55. The highest BCUT2D eigenvalue weighted by Gasteiger charge is 2.70. The van der Waals surface area contributed by atoms with E-state index in [-0.39, 0.29) is 41.8 Å². The molecule has 0 radical (unpaired) electrons. The third kappa shape index (κ3) is 3.60. The van der Waals surface area contributed by atoms with Crippen LogP contribution >= 0.6 is 0 Å². The predicted octanol–water partition coefficient (Wildman–Crippen LogP) is 4.72. The van der Waals surface area contributed by atoms with E-state index in [2.05, 4.69) is 25.8 Å². The lowest BCUT2D eigenvalue weighted by atomic mass is 9.46.